The third-order valence-electron chi connectivity index (χ3n) is 4.86. The summed E-state index contributed by atoms with van der Waals surface area (Å²) in [7, 11) is 0. The number of aromatic nitrogens is 2. The molecule has 0 unspecified atom stereocenters. The predicted molar refractivity (Wildman–Crippen MR) is 99.9 cm³/mol. The topological polar surface area (TPSA) is 81.2 Å². The Labute approximate surface area is 151 Å². The molecule has 1 aliphatic heterocycles. The molecule has 26 heavy (non-hydrogen) atoms. The number of amides is 1. The number of H-pyrrole nitrogens is 1. The van der Waals surface area contributed by atoms with E-state index in [4.69, 9.17) is 0 Å². The van der Waals surface area contributed by atoms with E-state index in [2.05, 4.69) is 38.6 Å². The minimum atomic E-state index is -0.616. The Balaban J connectivity index is 1.31. The van der Waals surface area contributed by atoms with Gasteiger partial charge in [0.1, 0.15) is 0 Å². The fourth-order valence-electron chi connectivity index (χ4n) is 3.50. The summed E-state index contributed by atoms with van der Waals surface area (Å²) in [6, 6.07) is 15.9. The van der Waals surface area contributed by atoms with Gasteiger partial charge in [-0.3, -0.25) is 14.8 Å². The molecule has 0 bridgehead atoms. The Morgan fingerprint density at radius 3 is 2.85 bits per heavy atom. The van der Waals surface area contributed by atoms with Gasteiger partial charge in [0.05, 0.1) is 11.6 Å². The van der Waals surface area contributed by atoms with Gasteiger partial charge in [0.25, 0.3) is 5.91 Å². The lowest BCUT2D eigenvalue weighted by Gasteiger charge is -2.30. The molecule has 0 spiro atoms. The minimum Gasteiger partial charge on any atom is -0.390 e. The molecule has 0 radical (unpaired) electrons. The molecule has 1 aromatic heterocycles. The van der Waals surface area contributed by atoms with Gasteiger partial charge in [-0.2, -0.15) is 5.10 Å². The van der Waals surface area contributed by atoms with E-state index in [1.165, 1.54) is 11.1 Å². The summed E-state index contributed by atoms with van der Waals surface area (Å²) in [6.45, 7) is 2.51. The molecule has 0 saturated heterocycles. The number of fused-ring (bicyclic) bond motifs is 2. The number of benzene rings is 2. The van der Waals surface area contributed by atoms with E-state index in [9.17, 15) is 9.90 Å². The van der Waals surface area contributed by atoms with E-state index in [0.717, 1.165) is 30.4 Å². The fraction of sp³-hybridized carbons (Fsp3) is 0.300. The molecule has 0 fully saturated rings. The lowest BCUT2D eigenvalue weighted by Crippen LogP contribution is -2.42. The first kappa shape index (κ1) is 16.8. The van der Waals surface area contributed by atoms with E-state index < -0.39 is 6.10 Å². The Morgan fingerprint density at radius 1 is 1.19 bits per heavy atom. The van der Waals surface area contributed by atoms with Crippen molar-refractivity contribution in [2.24, 2.45) is 0 Å². The Hall–Kier alpha value is -2.70. The molecule has 1 amide bonds. The number of nitrogens with zero attached hydrogens (tertiary/aromatic N) is 2. The number of aliphatic hydroxyl groups is 1. The van der Waals surface area contributed by atoms with Crippen molar-refractivity contribution >= 4 is 16.8 Å². The van der Waals surface area contributed by atoms with Crippen LogP contribution in [-0.2, 0) is 13.0 Å². The average molecular weight is 350 g/mol. The van der Waals surface area contributed by atoms with Gasteiger partial charge in [0.15, 0.2) is 5.69 Å². The van der Waals surface area contributed by atoms with Crippen LogP contribution in [-0.4, -0.2) is 51.8 Å². The molecule has 4 rings (SSSR count). The van der Waals surface area contributed by atoms with E-state index in [1.54, 1.807) is 0 Å². The third-order valence-corrected chi connectivity index (χ3v) is 4.86. The van der Waals surface area contributed by atoms with Crippen molar-refractivity contribution in [3.63, 3.8) is 0 Å². The normalized spacial score (nSPS) is 15.6. The first-order valence-electron chi connectivity index (χ1n) is 8.89. The first-order valence-corrected chi connectivity index (χ1v) is 8.89. The summed E-state index contributed by atoms with van der Waals surface area (Å²) < 4.78 is 0. The van der Waals surface area contributed by atoms with Gasteiger partial charge in [-0.05, 0) is 23.6 Å². The van der Waals surface area contributed by atoms with Crippen molar-refractivity contribution in [1.82, 2.24) is 20.4 Å². The van der Waals surface area contributed by atoms with Gasteiger partial charge in [0.2, 0.25) is 0 Å². The second-order valence-corrected chi connectivity index (χ2v) is 6.74. The number of para-hydroxylation sites is 1. The second-order valence-electron chi connectivity index (χ2n) is 6.74. The highest BCUT2D eigenvalue weighted by molar-refractivity contribution is 6.04. The van der Waals surface area contributed by atoms with Crippen molar-refractivity contribution in [2.75, 3.05) is 19.6 Å². The molecule has 1 aliphatic rings. The van der Waals surface area contributed by atoms with Crippen LogP contribution in [0.5, 0.6) is 0 Å². The highest BCUT2D eigenvalue weighted by Crippen LogP contribution is 2.18. The maximum atomic E-state index is 12.4. The molecule has 3 N–H and O–H groups in total. The van der Waals surface area contributed by atoms with Gasteiger partial charge in [-0.15, -0.1) is 0 Å². The summed E-state index contributed by atoms with van der Waals surface area (Å²) in [4.78, 5) is 14.6. The van der Waals surface area contributed by atoms with Crippen LogP contribution in [0.15, 0.2) is 48.5 Å². The number of aromatic amines is 1. The summed E-state index contributed by atoms with van der Waals surface area (Å²) in [5, 5.41) is 20.8. The summed E-state index contributed by atoms with van der Waals surface area (Å²) in [6.07, 6.45) is 0.378. The quantitative estimate of drug-likeness (QED) is 0.654. The van der Waals surface area contributed by atoms with Crippen LogP contribution in [0.1, 0.15) is 21.6 Å². The van der Waals surface area contributed by atoms with Crippen molar-refractivity contribution in [3.8, 4) is 0 Å². The number of carbonyl (C=O) groups excluding carboxylic acids is 1. The zero-order valence-corrected chi connectivity index (χ0v) is 14.5. The molecule has 6 nitrogen and oxygen atoms in total. The number of β-amino-alcohol motifs (C(OH)–C–C–N with tert-alkyl or cyclic N) is 1. The van der Waals surface area contributed by atoms with Crippen molar-refractivity contribution in [1.29, 1.82) is 0 Å². The maximum absolute atomic E-state index is 12.4. The third kappa shape index (κ3) is 3.47. The smallest absolute Gasteiger partial charge is 0.272 e. The van der Waals surface area contributed by atoms with Gasteiger partial charge in [0, 0.05) is 31.6 Å². The van der Waals surface area contributed by atoms with E-state index in [1.807, 2.05) is 30.3 Å². The Kier molecular flexibility index (Phi) is 4.69. The molecule has 0 saturated carbocycles. The van der Waals surface area contributed by atoms with Gasteiger partial charge < -0.3 is 10.4 Å². The predicted octanol–water partition coefficient (Wildman–Crippen LogP) is 1.71. The molecular formula is C20H22N4O2. The van der Waals surface area contributed by atoms with E-state index in [0.29, 0.717) is 12.2 Å². The summed E-state index contributed by atoms with van der Waals surface area (Å²) in [5.74, 6) is -0.273. The van der Waals surface area contributed by atoms with Crippen LogP contribution in [0.3, 0.4) is 0 Å². The maximum Gasteiger partial charge on any atom is 0.272 e. The van der Waals surface area contributed by atoms with Gasteiger partial charge in [-0.25, -0.2) is 0 Å². The fourth-order valence-corrected chi connectivity index (χ4v) is 3.50. The van der Waals surface area contributed by atoms with E-state index >= 15 is 0 Å². The number of hydrogen-bond acceptors (Lipinski definition) is 4. The average Bonchev–Trinajstić information content (AvgIpc) is 3.10. The molecule has 2 heterocycles. The monoisotopic (exact) mass is 350 g/mol. The largest absolute Gasteiger partial charge is 0.390 e. The molecule has 2 aromatic carbocycles. The van der Waals surface area contributed by atoms with Crippen LogP contribution in [0.4, 0.5) is 0 Å². The summed E-state index contributed by atoms with van der Waals surface area (Å²) in [5.41, 5.74) is 3.89. The van der Waals surface area contributed by atoms with Crippen molar-refractivity contribution < 1.29 is 9.90 Å². The minimum absolute atomic E-state index is 0.207. The standard InChI is InChI=1S/C20H22N4O2/c25-16(13-24-10-9-14-5-1-2-6-15(14)12-24)11-21-20(26)19-17-7-3-4-8-18(17)22-23-19/h1-8,16,25H,9-13H2,(H,21,26)(H,22,23)/t16-/m0/s1. The number of rotatable bonds is 5. The van der Waals surface area contributed by atoms with E-state index in [-0.39, 0.29) is 12.5 Å². The van der Waals surface area contributed by atoms with Crippen LogP contribution in [0.2, 0.25) is 0 Å². The molecule has 3 aromatic rings. The van der Waals surface area contributed by atoms with Gasteiger partial charge in [-0.1, -0.05) is 42.5 Å². The summed E-state index contributed by atoms with van der Waals surface area (Å²) >= 11 is 0. The molecular weight excluding hydrogens is 328 g/mol. The van der Waals surface area contributed by atoms with Gasteiger partial charge >= 0.3 is 0 Å². The number of hydrogen-bond donors (Lipinski definition) is 3. The lowest BCUT2D eigenvalue weighted by molar-refractivity contribution is 0.0839. The van der Waals surface area contributed by atoms with Crippen LogP contribution >= 0.6 is 0 Å². The first-order chi connectivity index (χ1) is 12.7. The second kappa shape index (κ2) is 7.27. The van der Waals surface area contributed by atoms with Crippen molar-refractivity contribution in [2.45, 2.75) is 19.1 Å². The molecule has 134 valence electrons. The zero-order chi connectivity index (χ0) is 17.9. The van der Waals surface area contributed by atoms with Crippen LogP contribution < -0.4 is 5.32 Å². The van der Waals surface area contributed by atoms with Crippen molar-refractivity contribution in [3.05, 3.63) is 65.4 Å². The molecule has 6 heteroatoms. The zero-order valence-electron chi connectivity index (χ0n) is 14.5. The number of nitrogens with one attached hydrogen (secondary N) is 2. The SMILES string of the molecule is O=C(NC[C@H](O)CN1CCc2ccccc2C1)c1n[nH]c2ccccc12. The Bertz CT molecular complexity index is 921. The molecule has 1 atom stereocenters. The van der Waals surface area contributed by atoms with Crippen LogP contribution in [0.25, 0.3) is 10.9 Å². The van der Waals surface area contributed by atoms with Crippen LogP contribution in [0, 0.1) is 0 Å². The highest BCUT2D eigenvalue weighted by atomic mass is 16.3. The lowest BCUT2D eigenvalue weighted by atomic mass is 10.00. The number of aliphatic hydroxyl groups excluding tert-OH is 1. The Morgan fingerprint density at radius 2 is 1.96 bits per heavy atom. The highest BCUT2D eigenvalue weighted by Gasteiger charge is 2.20. The molecule has 0 aliphatic carbocycles. The number of carbonyl (C=O) groups is 1.